The first-order chi connectivity index (χ1) is 14.5. The molecule has 2 aromatic rings. The van der Waals surface area contributed by atoms with Gasteiger partial charge in [-0.05, 0) is 55.9 Å². The molecule has 0 unspecified atom stereocenters. The second-order valence-electron chi connectivity index (χ2n) is 8.13. The Morgan fingerprint density at radius 3 is 2.53 bits per heavy atom. The summed E-state index contributed by atoms with van der Waals surface area (Å²) in [5.41, 5.74) is 0.930. The fraction of sp³-hybridized carbons (Fsp3) is 0.455. The van der Waals surface area contributed by atoms with Crippen molar-refractivity contribution in [3.05, 3.63) is 56.4 Å². The van der Waals surface area contributed by atoms with E-state index >= 15 is 0 Å². The number of amides is 1. The molecular weight excluding hydrogens is 382 g/mol. The first-order valence-electron chi connectivity index (χ1n) is 10.4. The summed E-state index contributed by atoms with van der Waals surface area (Å²) in [6, 6.07) is 9.48. The Labute approximate surface area is 174 Å². The third kappa shape index (κ3) is 3.75. The van der Waals surface area contributed by atoms with Crippen molar-refractivity contribution >= 4 is 17.3 Å². The number of carbonyl (C=O) groups excluding carboxylic acids is 1. The zero-order valence-corrected chi connectivity index (χ0v) is 17.1. The summed E-state index contributed by atoms with van der Waals surface area (Å²) >= 11 is 0. The zero-order valence-electron chi connectivity index (χ0n) is 17.1. The van der Waals surface area contributed by atoms with Gasteiger partial charge in [-0.15, -0.1) is 0 Å². The smallest absolute Gasteiger partial charge is 0.331 e. The van der Waals surface area contributed by atoms with Crippen molar-refractivity contribution in [1.82, 2.24) is 9.13 Å². The minimum atomic E-state index is -0.694. The minimum absolute atomic E-state index is 0.0416. The lowest BCUT2D eigenvalue weighted by atomic mass is 9.99. The lowest BCUT2D eigenvalue weighted by Gasteiger charge is -2.32. The topological polar surface area (TPSA) is 100 Å². The highest BCUT2D eigenvalue weighted by molar-refractivity contribution is 5.90. The molecule has 156 valence electrons. The molecule has 1 aromatic carbocycles. The van der Waals surface area contributed by atoms with Crippen molar-refractivity contribution in [3.63, 3.8) is 0 Å². The lowest BCUT2D eigenvalue weighted by molar-refractivity contribution is -0.116. The molecule has 8 heteroatoms. The summed E-state index contributed by atoms with van der Waals surface area (Å²) in [4.78, 5) is 40.0. The number of hydrogen-bond donors (Lipinski definition) is 1. The maximum Gasteiger partial charge on any atom is 0.331 e. The van der Waals surface area contributed by atoms with E-state index in [0.29, 0.717) is 30.8 Å². The molecule has 0 spiro atoms. The predicted octanol–water partition coefficient (Wildman–Crippen LogP) is 1.70. The third-order valence-corrected chi connectivity index (χ3v) is 6.04. The molecule has 8 nitrogen and oxygen atoms in total. The van der Waals surface area contributed by atoms with E-state index in [1.54, 1.807) is 0 Å². The van der Waals surface area contributed by atoms with Crippen molar-refractivity contribution in [2.24, 2.45) is 5.92 Å². The van der Waals surface area contributed by atoms with E-state index in [1.807, 2.05) is 30.3 Å². The van der Waals surface area contributed by atoms with Gasteiger partial charge in [0, 0.05) is 36.7 Å². The Kier molecular flexibility index (Phi) is 5.44. The van der Waals surface area contributed by atoms with Crippen LogP contribution in [0.3, 0.4) is 0 Å². The van der Waals surface area contributed by atoms with Gasteiger partial charge in [0.15, 0.2) is 0 Å². The second-order valence-corrected chi connectivity index (χ2v) is 8.13. The normalized spacial score (nSPS) is 16.2. The van der Waals surface area contributed by atoms with E-state index in [-0.39, 0.29) is 5.56 Å². The standard InChI is InChI=1S/C22H25N5O3/c1-15-8-11-25(12-9-15)17-6-4-16(5-7-17)24-20(28)14-27-21(29)18(13-23)19-3-2-10-26(19)22(27)30/h4-7,15H,2-3,8-12,14H2,1H3,(H,24,28). The number of piperidine rings is 1. The van der Waals surface area contributed by atoms with Crippen LogP contribution in [0.4, 0.5) is 11.4 Å². The van der Waals surface area contributed by atoms with Crippen molar-refractivity contribution in [1.29, 1.82) is 5.26 Å². The number of fused-ring (bicyclic) bond motifs is 1. The van der Waals surface area contributed by atoms with E-state index in [9.17, 15) is 19.6 Å². The molecule has 4 rings (SSSR count). The van der Waals surface area contributed by atoms with Crippen LogP contribution in [0.25, 0.3) is 0 Å². The molecule has 0 bridgehead atoms. The van der Waals surface area contributed by atoms with Gasteiger partial charge < -0.3 is 10.2 Å². The van der Waals surface area contributed by atoms with Gasteiger partial charge >= 0.3 is 5.69 Å². The van der Waals surface area contributed by atoms with E-state index in [4.69, 9.17) is 0 Å². The number of nitrogens with one attached hydrogen (secondary N) is 1. The van der Waals surface area contributed by atoms with Gasteiger partial charge in [0.2, 0.25) is 5.91 Å². The Bertz CT molecular complexity index is 1120. The van der Waals surface area contributed by atoms with Crippen LogP contribution in [0.2, 0.25) is 0 Å². The van der Waals surface area contributed by atoms with Crippen LogP contribution < -0.4 is 21.5 Å². The van der Waals surface area contributed by atoms with Crippen LogP contribution in [-0.4, -0.2) is 28.1 Å². The molecule has 0 aliphatic carbocycles. The molecule has 1 N–H and O–H groups in total. The van der Waals surface area contributed by atoms with Crippen LogP contribution in [0.1, 0.15) is 37.4 Å². The maximum atomic E-state index is 12.6. The Balaban J connectivity index is 1.48. The van der Waals surface area contributed by atoms with Gasteiger partial charge in [0.05, 0.1) is 0 Å². The SMILES string of the molecule is CC1CCN(c2ccc(NC(=O)Cn3c(=O)c(C#N)c4n(c3=O)CCC4)cc2)CC1. The summed E-state index contributed by atoms with van der Waals surface area (Å²) in [6.07, 6.45) is 3.59. The first-order valence-corrected chi connectivity index (χ1v) is 10.4. The molecule has 1 amide bonds. The van der Waals surface area contributed by atoms with Gasteiger partial charge in [-0.2, -0.15) is 5.26 Å². The minimum Gasteiger partial charge on any atom is -0.372 e. The summed E-state index contributed by atoms with van der Waals surface area (Å²) in [5, 5.41) is 12.1. The van der Waals surface area contributed by atoms with Gasteiger partial charge in [-0.1, -0.05) is 6.92 Å². The third-order valence-electron chi connectivity index (χ3n) is 6.04. The van der Waals surface area contributed by atoms with Gasteiger partial charge in [0.1, 0.15) is 18.2 Å². The highest BCUT2D eigenvalue weighted by Crippen LogP contribution is 2.24. The van der Waals surface area contributed by atoms with Crippen LogP contribution in [0.5, 0.6) is 0 Å². The Morgan fingerprint density at radius 2 is 1.87 bits per heavy atom. The molecule has 1 saturated heterocycles. The maximum absolute atomic E-state index is 12.6. The van der Waals surface area contributed by atoms with Crippen LogP contribution in [-0.2, 0) is 24.3 Å². The van der Waals surface area contributed by atoms with Gasteiger partial charge in [-0.3, -0.25) is 14.2 Å². The zero-order chi connectivity index (χ0) is 21.3. The summed E-state index contributed by atoms with van der Waals surface area (Å²) in [7, 11) is 0. The quantitative estimate of drug-likeness (QED) is 0.832. The van der Waals surface area contributed by atoms with Crippen LogP contribution in [0, 0.1) is 17.2 Å². The molecule has 2 aliphatic rings. The number of nitrogens with zero attached hydrogens (tertiary/aromatic N) is 4. The number of benzene rings is 1. The fourth-order valence-corrected chi connectivity index (χ4v) is 4.25. The lowest BCUT2D eigenvalue weighted by Crippen LogP contribution is -2.44. The second kappa shape index (κ2) is 8.19. The van der Waals surface area contributed by atoms with Crippen LogP contribution in [0.15, 0.2) is 33.9 Å². The highest BCUT2D eigenvalue weighted by atomic mass is 16.2. The number of carbonyl (C=O) groups is 1. The summed E-state index contributed by atoms with van der Waals surface area (Å²) in [6.45, 7) is 4.37. The summed E-state index contributed by atoms with van der Waals surface area (Å²) in [5.74, 6) is 0.282. The molecule has 0 saturated carbocycles. The van der Waals surface area contributed by atoms with Crippen molar-refractivity contribution in [2.45, 2.75) is 45.7 Å². The Hall–Kier alpha value is -3.34. The monoisotopic (exact) mass is 407 g/mol. The number of hydrogen-bond acceptors (Lipinski definition) is 5. The number of nitriles is 1. The van der Waals surface area contributed by atoms with E-state index in [1.165, 1.54) is 17.4 Å². The summed E-state index contributed by atoms with van der Waals surface area (Å²) < 4.78 is 2.29. The van der Waals surface area contributed by atoms with E-state index in [2.05, 4.69) is 17.1 Å². The van der Waals surface area contributed by atoms with Crippen molar-refractivity contribution < 1.29 is 4.79 Å². The van der Waals surface area contributed by atoms with E-state index < -0.39 is 23.7 Å². The predicted molar refractivity (Wildman–Crippen MR) is 114 cm³/mol. The molecule has 2 aliphatic heterocycles. The van der Waals surface area contributed by atoms with Crippen molar-refractivity contribution in [2.75, 3.05) is 23.3 Å². The Morgan fingerprint density at radius 1 is 1.17 bits per heavy atom. The molecule has 1 fully saturated rings. The van der Waals surface area contributed by atoms with Gasteiger partial charge in [0.25, 0.3) is 5.56 Å². The number of anilines is 2. The van der Waals surface area contributed by atoms with Crippen molar-refractivity contribution in [3.8, 4) is 6.07 Å². The number of rotatable bonds is 4. The van der Waals surface area contributed by atoms with Gasteiger partial charge in [-0.25, -0.2) is 9.36 Å². The molecule has 1 aromatic heterocycles. The van der Waals surface area contributed by atoms with Crippen LogP contribution >= 0.6 is 0 Å². The first kappa shape index (κ1) is 20.0. The molecule has 0 radical (unpaired) electrons. The largest absolute Gasteiger partial charge is 0.372 e. The number of aromatic nitrogens is 2. The molecule has 30 heavy (non-hydrogen) atoms. The van der Waals surface area contributed by atoms with E-state index in [0.717, 1.165) is 29.3 Å². The highest BCUT2D eigenvalue weighted by Gasteiger charge is 2.23. The molecule has 3 heterocycles. The average molecular weight is 407 g/mol. The fourth-order valence-electron chi connectivity index (χ4n) is 4.25. The molecule has 0 atom stereocenters. The average Bonchev–Trinajstić information content (AvgIpc) is 3.23. The molecular formula is C22H25N5O3.